The van der Waals surface area contributed by atoms with Crippen molar-refractivity contribution in [3.05, 3.63) is 42.0 Å². The van der Waals surface area contributed by atoms with Gasteiger partial charge in [-0.1, -0.05) is 36.8 Å². The maximum Gasteiger partial charge on any atom is 0.124 e. The molecular weight excluding hydrogens is 260 g/mol. The molecule has 0 amide bonds. The summed E-state index contributed by atoms with van der Waals surface area (Å²) >= 11 is 0. The van der Waals surface area contributed by atoms with Gasteiger partial charge in [0.15, 0.2) is 0 Å². The van der Waals surface area contributed by atoms with Crippen LogP contribution in [0.5, 0.6) is 5.75 Å². The SMILES string of the molecule is COc1ccc2ccccc2c1[C@@H](CN)N1CCCCC1. The molecule has 0 unspecified atom stereocenters. The van der Waals surface area contributed by atoms with Gasteiger partial charge in [0.1, 0.15) is 5.75 Å². The molecular formula is C18H24N2O. The smallest absolute Gasteiger partial charge is 0.124 e. The fourth-order valence-corrected chi connectivity index (χ4v) is 3.48. The summed E-state index contributed by atoms with van der Waals surface area (Å²) in [6.07, 6.45) is 3.87. The number of ether oxygens (including phenoxy) is 1. The van der Waals surface area contributed by atoms with Crippen molar-refractivity contribution in [1.82, 2.24) is 4.90 Å². The lowest BCUT2D eigenvalue weighted by atomic mass is 9.95. The Morgan fingerprint density at radius 2 is 1.86 bits per heavy atom. The number of methoxy groups -OCH3 is 1. The van der Waals surface area contributed by atoms with Crippen molar-refractivity contribution in [3.63, 3.8) is 0 Å². The predicted molar refractivity (Wildman–Crippen MR) is 87.7 cm³/mol. The third kappa shape index (κ3) is 2.76. The highest BCUT2D eigenvalue weighted by molar-refractivity contribution is 5.88. The monoisotopic (exact) mass is 284 g/mol. The first kappa shape index (κ1) is 14.4. The normalized spacial score (nSPS) is 17.8. The summed E-state index contributed by atoms with van der Waals surface area (Å²) < 4.78 is 5.64. The quantitative estimate of drug-likeness (QED) is 0.936. The Bertz CT molecular complexity index is 605. The number of hydrogen-bond donors (Lipinski definition) is 1. The number of nitrogens with two attached hydrogens (primary N) is 1. The van der Waals surface area contributed by atoms with E-state index in [4.69, 9.17) is 10.5 Å². The van der Waals surface area contributed by atoms with Gasteiger partial charge in [-0.3, -0.25) is 4.90 Å². The van der Waals surface area contributed by atoms with Crippen molar-refractivity contribution in [2.45, 2.75) is 25.3 Å². The second kappa shape index (κ2) is 6.46. The Hall–Kier alpha value is -1.58. The van der Waals surface area contributed by atoms with Crippen molar-refractivity contribution >= 4 is 10.8 Å². The Kier molecular flexibility index (Phi) is 4.42. The van der Waals surface area contributed by atoms with Crippen molar-refractivity contribution < 1.29 is 4.74 Å². The van der Waals surface area contributed by atoms with E-state index in [0.717, 1.165) is 18.8 Å². The highest BCUT2D eigenvalue weighted by Gasteiger charge is 2.25. The molecule has 0 spiro atoms. The predicted octanol–water partition coefficient (Wildman–Crippen LogP) is 3.33. The molecule has 2 N–H and O–H groups in total. The van der Waals surface area contributed by atoms with E-state index in [0.29, 0.717) is 6.54 Å². The molecule has 0 bridgehead atoms. The summed E-state index contributed by atoms with van der Waals surface area (Å²) in [5.41, 5.74) is 7.40. The van der Waals surface area contributed by atoms with E-state index in [1.54, 1.807) is 7.11 Å². The van der Waals surface area contributed by atoms with Crippen LogP contribution in [0.4, 0.5) is 0 Å². The van der Waals surface area contributed by atoms with Crippen molar-refractivity contribution in [2.75, 3.05) is 26.7 Å². The molecule has 3 rings (SSSR count). The van der Waals surface area contributed by atoms with E-state index in [9.17, 15) is 0 Å². The van der Waals surface area contributed by atoms with Gasteiger partial charge in [0.05, 0.1) is 13.2 Å². The number of benzene rings is 2. The summed E-state index contributed by atoms with van der Waals surface area (Å²) in [5.74, 6) is 0.953. The van der Waals surface area contributed by atoms with Gasteiger partial charge in [0.25, 0.3) is 0 Å². The van der Waals surface area contributed by atoms with E-state index < -0.39 is 0 Å². The van der Waals surface area contributed by atoms with Gasteiger partial charge in [0, 0.05) is 12.1 Å². The van der Waals surface area contributed by atoms with Gasteiger partial charge in [-0.15, -0.1) is 0 Å². The van der Waals surface area contributed by atoms with Gasteiger partial charge in [0.2, 0.25) is 0 Å². The summed E-state index contributed by atoms with van der Waals surface area (Å²) in [6, 6.07) is 12.9. The van der Waals surface area contributed by atoms with Crippen LogP contribution in [0.15, 0.2) is 36.4 Å². The minimum Gasteiger partial charge on any atom is -0.496 e. The first-order valence-electron chi connectivity index (χ1n) is 7.85. The molecule has 1 atom stereocenters. The molecule has 1 heterocycles. The van der Waals surface area contributed by atoms with Crippen LogP contribution in [0.3, 0.4) is 0 Å². The number of hydrogen-bond acceptors (Lipinski definition) is 3. The number of likely N-dealkylation sites (tertiary alicyclic amines) is 1. The van der Waals surface area contributed by atoms with E-state index in [1.165, 1.54) is 35.6 Å². The number of piperidine rings is 1. The molecule has 0 aliphatic carbocycles. The molecule has 3 heteroatoms. The molecule has 1 fully saturated rings. The molecule has 0 saturated carbocycles. The summed E-state index contributed by atoms with van der Waals surface area (Å²) in [7, 11) is 1.75. The lowest BCUT2D eigenvalue weighted by molar-refractivity contribution is 0.166. The molecule has 2 aromatic rings. The highest BCUT2D eigenvalue weighted by Crippen LogP contribution is 2.36. The fourth-order valence-electron chi connectivity index (χ4n) is 3.48. The van der Waals surface area contributed by atoms with Gasteiger partial charge in [-0.05, 0) is 42.8 Å². The summed E-state index contributed by atoms with van der Waals surface area (Å²) in [5, 5.41) is 2.52. The standard InChI is InChI=1S/C18H24N2O/c1-21-17-10-9-14-7-3-4-8-15(14)18(17)16(13-19)20-11-5-2-6-12-20/h3-4,7-10,16H,2,5-6,11-13,19H2,1H3/t16-/m1/s1. The zero-order valence-corrected chi connectivity index (χ0v) is 12.7. The molecule has 1 saturated heterocycles. The number of nitrogens with zero attached hydrogens (tertiary/aromatic N) is 1. The molecule has 0 aromatic heterocycles. The maximum absolute atomic E-state index is 6.15. The van der Waals surface area contributed by atoms with Crippen LogP contribution in [0.2, 0.25) is 0 Å². The molecule has 2 aromatic carbocycles. The van der Waals surface area contributed by atoms with Crippen LogP contribution in [0.1, 0.15) is 30.9 Å². The van der Waals surface area contributed by atoms with Crippen molar-refractivity contribution in [2.24, 2.45) is 5.73 Å². The Morgan fingerprint density at radius 1 is 1.10 bits per heavy atom. The first-order valence-corrected chi connectivity index (χ1v) is 7.85. The van der Waals surface area contributed by atoms with Crippen molar-refractivity contribution in [1.29, 1.82) is 0 Å². The van der Waals surface area contributed by atoms with Crippen LogP contribution in [0, 0.1) is 0 Å². The second-order valence-corrected chi connectivity index (χ2v) is 5.75. The Balaban J connectivity index is 2.10. The molecule has 3 nitrogen and oxygen atoms in total. The van der Waals surface area contributed by atoms with Gasteiger partial charge in [-0.2, -0.15) is 0 Å². The van der Waals surface area contributed by atoms with E-state index in [1.807, 2.05) is 0 Å². The first-order chi connectivity index (χ1) is 10.3. The minimum absolute atomic E-state index is 0.242. The van der Waals surface area contributed by atoms with E-state index >= 15 is 0 Å². The summed E-state index contributed by atoms with van der Waals surface area (Å²) in [4.78, 5) is 2.52. The largest absolute Gasteiger partial charge is 0.496 e. The lowest BCUT2D eigenvalue weighted by Gasteiger charge is -2.35. The van der Waals surface area contributed by atoms with Crippen LogP contribution in [0.25, 0.3) is 10.8 Å². The third-order valence-electron chi connectivity index (χ3n) is 4.54. The number of fused-ring (bicyclic) bond motifs is 1. The van der Waals surface area contributed by atoms with Crippen LogP contribution < -0.4 is 10.5 Å². The average Bonchev–Trinajstić information content (AvgIpc) is 2.56. The van der Waals surface area contributed by atoms with Gasteiger partial charge in [-0.25, -0.2) is 0 Å². The molecule has 1 aliphatic heterocycles. The highest BCUT2D eigenvalue weighted by atomic mass is 16.5. The molecule has 0 radical (unpaired) electrons. The molecule has 21 heavy (non-hydrogen) atoms. The minimum atomic E-state index is 0.242. The third-order valence-corrected chi connectivity index (χ3v) is 4.54. The second-order valence-electron chi connectivity index (χ2n) is 5.75. The van der Waals surface area contributed by atoms with E-state index in [2.05, 4.69) is 41.3 Å². The Morgan fingerprint density at radius 3 is 2.57 bits per heavy atom. The topological polar surface area (TPSA) is 38.5 Å². The average molecular weight is 284 g/mol. The van der Waals surface area contributed by atoms with Crippen LogP contribution in [-0.4, -0.2) is 31.6 Å². The van der Waals surface area contributed by atoms with E-state index in [-0.39, 0.29) is 6.04 Å². The maximum atomic E-state index is 6.15. The lowest BCUT2D eigenvalue weighted by Crippen LogP contribution is -2.37. The van der Waals surface area contributed by atoms with Crippen LogP contribution >= 0.6 is 0 Å². The fraction of sp³-hybridized carbons (Fsp3) is 0.444. The Labute approximate surface area is 126 Å². The zero-order valence-electron chi connectivity index (χ0n) is 12.7. The van der Waals surface area contributed by atoms with Crippen LogP contribution in [-0.2, 0) is 0 Å². The van der Waals surface area contributed by atoms with Crippen molar-refractivity contribution in [3.8, 4) is 5.75 Å². The zero-order chi connectivity index (χ0) is 14.7. The molecule has 1 aliphatic rings. The number of rotatable bonds is 4. The molecule has 112 valence electrons. The van der Waals surface area contributed by atoms with Gasteiger partial charge < -0.3 is 10.5 Å². The van der Waals surface area contributed by atoms with Gasteiger partial charge >= 0.3 is 0 Å². The summed E-state index contributed by atoms with van der Waals surface area (Å²) in [6.45, 7) is 2.90.